The van der Waals surface area contributed by atoms with Gasteiger partial charge >= 0.3 is 5.97 Å². The molecule has 2 rings (SSSR count). The van der Waals surface area contributed by atoms with Crippen molar-refractivity contribution in [3.8, 4) is 0 Å². The Morgan fingerprint density at radius 2 is 2.24 bits per heavy atom. The first-order valence-electron chi connectivity index (χ1n) is 5.96. The second-order valence-electron chi connectivity index (χ2n) is 5.57. The van der Waals surface area contributed by atoms with Gasteiger partial charge in [-0.3, -0.25) is 4.90 Å². The standard InChI is InChI=1S/C13H19NO3/c1-9(14-7-6-13(2,3)8-14)10-4-5-11(17-10)12(15)16/h4-5,9H,6-8H2,1-3H3,(H,15,16). The molecular formula is C13H19NO3. The molecule has 1 saturated heterocycles. The van der Waals surface area contributed by atoms with Crippen molar-refractivity contribution in [3.63, 3.8) is 0 Å². The van der Waals surface area contributed by atoms with Crippen LogP contribution in [0.1, 0.15) is 49.5 Å². The van der Waals surface area contributed by atoms with Crippen molar-refractivity contribution in [3.05, 3.63) is 23.7 Å². The number of carboxylic acid groups (broad SMARTS) is 1. The average Bonchev–Trinajstić information content (AvgIpc) is 2.83. The van der Waals surface area contributed by atoms with Gasteiger partial charge in [0.25, 0.3) is 0 Å². The summed E-state index contributed by atoms with van der Waals surface area (Å²) < 4.78 is 5.35. The van der Waals surface area contributed by atoms with Gasteiger partial charge in [-0.05, 0) is 37.4 Å². The second-order valence-corrected chi connectivity index (χ2v) is 5.57. The van der Waals surface area contributed by atoms with E-state index in [1.165, 1.54) is 12.5 Å². The van der Waals surface area contributed by atoms with Gasteiger partial charge in [0.2, 0.25) is 5.76 Å². The lowest BCUT2D eigenvalue weighted by Gasteiger charge is -2.24. The van der Waals surface area contributed by atoms with Crippen LogP contribution in [0.5, 0.6) is 0 Å². The van der Waals surface area contributed by atoms with E-state index < -0.39 is 5.97 Å². The van der Waals surface area contributed by atoms with Crippen molar-refractivity contribution in [2.75, 3.05) is 13.1 Å². The van der Waals surface area contributed by atoms with E-state index in [-0.39, 0.29) is 11.8 Å². The number of hydrogen-bond donors (Lipinski definition) is 1. The van der Waals surface area contributed by atoms with E-state index in [1.807, 2.05) is 0 Å². The SMILES string of the molecule is CC(c1ccc(C(=O)O)o1)N1CCC(C)(C)C1. The maximum atomic E-state index is 10.8. The van der Waals surface area contributed by atoms with Crippen LogP contribution in [0, 0.1) is 5.41 Å². The number of rotatable bonds is 3. The van der Waals surface area contributed by atoms with E-state index >= 15 is 0 Å². The first kappa shape index (κ1) is 12.2. The van der Waals surface area contributed by atoms with Gasteiger partial charge in [0, 0.05) is 6.54 Å². The smallest absolute Gasteiger partial charge is 0.371 e. The van der Waals surface area contributed by atoms with Crippen molar-refractivity contribution in [2.45, 2.75) is 33.2 Å². The summed E-state index contributed by atoms with van der Waals surface area (Å²) >= 11 is 0. The zero-order chi connectivity index (χ0) is 12.6. The van der Waals surface area contributed by atoms with Gasteiger partial charge in [0.05, 0.1) is 6.04 Å². The van der Waals surface area contributed by atoms with Crippen LogP contribution in [-0.4, -0.2) is 29.1 Å². The van der Waals surface area contributed by atoms with Crippen LogP contribution in [0.25, 0.3) is 0 Å². The molecule has 0 bridgehead atoms. The highest BCUT2D eigenvalue weighted by Crippen LogP contribution is 2.34. The summed E-state index contributed by atoms with van der Waals surface area (Å²) in [6.07, 6.45) is 1.17. The van der Waals surface area contributed by atoms with Gasteiger partial charge in [0.15, 0.2) is 0 Å². The number of furan rings is 1. The molecule has 1 atom stereocenters. The lowest BCUT2D eigenvalue weighted by atomic mass is 9.93. The minimum Gasteiger partial charge on any atom is -0.475 e. The fourth-order valence-electron chi connectivity index (χ4n) is 2.36. The zero-order valence-corrected chi connectivity index (χ0v) is 10.6. The van der Waals surface area contributed by atoms with Gasteiger partial charge in [-0.25, -0.2) is 4.79 Å². The molecule has 1 aliphatic heterocycles. The number of hydrogen-bond acceptors (Lipinski definition) is 3. The molecule has 1 aliphatic rings. The van der Waals surface area contributed by atoms with Crippen molar-refractivity contribution in [1.82, 2.24) is 4.90 Å². The first-order chi connectivity index (χ1) is 7.89. The summed E-state index contributed by atoms with van der Waals surface area (Å²) in [4.78, 5) is 13.1. The lowest BCUT2D eigenvalue weighted by molar-refractivity contribution is 0.0656. The second kappa shape index (κ2) is 4.18. The fourth-order valence-corrected chi connectivity index (χ4v) is 2.36. The Kier molecular flexibility index (Phi) is 3.00. The lowest BCUT2D eigenvalue weighted by Crippen LogP contribution is -2.26. The van der Waals surface area contributed by atoms with Crippen LogP contribution in [0.4, 0.5) is 0 Å². The number of nitrogens with zero attached hydrogens (tertiary/aromatic N) is 1. The molecule has 1 N–H and O–H groups in total. The van der Waals surface area contributed by atoms with Crippen LogP contribution >= 0.6 is 0 Å². The fraction of sp³-hybridized carbons (Fsp3) is 0.615. The van der Waals surface area contributed by atoms with E-state index in [4.69, 9.17) is 9.52 Å². The van der Waals surface area contributed by atoms with Crippen molar-refractivity contribution in [2.24, 2.45) is 5.41 Å². The Balaban J connectivity index is 2.09. The number of aromatic carboxylic acids is 1. The van der Waals surface area contributed by atoms with Crippen molar-refractivity contribution < 1.29 is 14.3 Å². The third-order valence-electron chi connectivity index (χ3n) is 3.50. The minimum absolute atomic E-state index is 0.0188. The molecule has 0 radical (unpaired) electrons. The molecule has 4 heteroatoms. The summed E-state index contributed by atoms with van der Waals surface area (Å²) in [6.45, 7) is 8.63. The highest BCUT2D eigenvalue weighted by atomic mass is 16.4. The topological polar surface area (TPSA) is 53.7 Å². The summed E-state index contributed by atoms with van der Waals surface area (Å²) in [5.41, 5.74) is 0.344. The van der Waals surface area contributed by atoms with Gasteiger partial charge in [0.1, 0.15) is 5.76 Å². The quantitative estimate of drug-likeness (QED) is 0.878. The van der Waals surface area contributed by atoms with Gasteiger partial charge in [-0.1, -0.05) is 13.8 Å². The van der Waals surface area contributed by atoms with Crippen molar-refractivity contribution in [1.29, 1.82) is 0 Å². The molecule has 1 aromatic rings. The highest BCUT2D eigenvalue weighted by molar-refractivity contribution is 5.84. The van der Waals surface area contributed by atoms with Crippen LogP contribution < -0.4 is 0 Å². The molecule has 1 fully saturated rings. The van der Waals surface area contributed by atoms with Crippen LogP contribution in [0.2, 0.25) is 0 Å². The minimum atomic E-state index is -1.01. The monoisotopic (exact) mass is 237 g/mol. The summed E-state index contributed by atoms with van der Waals surface area (Å²) in [7, 11) is 0. The predicted octanol–water partition coefficient (Wildman–Crippen LogP) is 2.77. The van der Waals surface area contributed by atoms with Gasteiger partial charge in [-0.15, -0.1) is 0 Å². The molecular weight excluding hydrogens is 218 g/mol. The molecule has 0 spiro atoms. The highest BCUT2D eigenvalue weighted by Gasteiger charge is 2.33. The number of carbonyl (C=O) groups is 1. The molecule has 0 aromatic carbocycles. The molecule has 94 valence electrons. The number of carboxylic acids is 1. The van der Waals surface area contributed by atoms with Crippen molar-refractivity contribution >= 4 is 5.97 Å². The summed E-state index contributed by atoms with van der Waals surface area (Å²) in [5.74, 6) is -0.254. The van der Waals surface area contributed by atoms with Crippen LogP contribution in [0.3, 0.4) is 0 Å². The van der Waals surface area contributed by atoms with Gasteiger partial charge in [-0.2, -0.15) is 0 Å². The van der Waals surface area contributed by atoms with E-state index in [0.717, 1.165) is 18.8 Å². The van der Waals surface area contributed by atoms with Crippen LogP contribution in [-0.2, 0) is 0 Å². The average molecular weight is 237 g/mol. The molecule has 17 heavy (non-hydrogen) atoms. The third kappa shape index (κ3) is 2.52. The molecule has 0 saturated carbocycles. The van der Waals surface area contributed by atoms with E-state index in [9.17, 15) is 4.79 Å². The normalized spacial score (nSPS) is 21.6. The first-order valence-corrected chi connectivity index (χ1v) is 5.96. The van der Waals surface area contributed by atoms with E-state index in [1.54, 1.807) is 6.07 Å². The molecule has 0 amide bonds. The summed E-state index contributed by atoms with van der Waals surface area (Å²) in [5, 5.41) is 8.82. The van der Waals surface area contributed by atoms with E-state index in [2.05, 4.69) is 25.7 Å². The molecule has 2 heterocycles. The maximum Gasteiger partial charge on any atom is 0.371 e. The Morgan fingerprint density at radius 3 is 2.71 bits per heavy atom. The Labute approximate surface area is 101 Å². The zero-order valence-electron chi connectivity index (χ0n) is 10.6. The summed E-state index contributed by atoms with van der Waals surface area (Å²) in [6, 6.07) is 3.43. The largest absolute Gasteiger partial charge is 0.475 e. The predicted molar refractivity (Wildman–Crippen MR) is 64.1 cm³/mol. The number of likely N-dealkylation sites (tertiary alicyclic amines) is 1. The molecule has 0 aliphatic carbocycles. The van der Waals surface area contributed by atoms with Crippen LogP contribution in [0.15, 0.2) is 16.5 Å². The Morgan fingerprint density at radius 1 is 1.53 bits per heavy atom. The molecule has 1 unspecified atom stereocenters. The van der Waals surface area contributed by atoms with Gasteiger partial charge < -0.3 is 9.52 Å². The van der Waals surface area contributed by atoms with E-state index in [0.29, 0.717) is 5.41 Å². The maximum absolute atomic E-state index is 10.8. The molecule has 1 aromatic heterocycles. The molecule has 4 nitrogen and oxygen atoms in total. The Hall–Kier alpha value is -1.29. The third-order valence-corrected chi connectivity index (χ3v) is 3.50. The Bertz CT molecular complexity index is 422.